The third-order valence-electron chi connectivity index (χ3n) is 3.36. The average Bonchev–Trinajstić information content (AvgIpc) is 2.69. The van der Waals surface area contributed by atoms with E-state index in [1.165, 1.54) is 11.0 Å². The van der Waals surface area contributed by atoms with E-state index in [4.69, 9.17) is 0 Å². The average molecular weight is 234 g/mol. The molecule has 2 aromatic rings. The molecule has 0 saturated carbocycles. The van der Waals surface area contributed by atoms with Crippen LogP contribution in [-0.2, 0) is 6.54 Å². The second-order valence-corrected chi connectivity index (χ2v) is 5.56. The van der Waals surface area contributed by atoms with Crippen LogP contribution < -0.4 is 5.56 Å². The van der Waals surface area contributed by atoms with Gasteiger partial charge >= 0.3 is 0 Å². The molecule has 1 atom stereocenters. The third kappa shape index (κ3) is 2.23. The first-order valence-electron chi connectivity index (χ1n) is 5.79. The molecule has 0 saturated heterocycles. The number of aromatic amines is 1. The Balaban J connectivity index is 2.37. The summed E-state index contributed by atoms with van der Waals surface area (Å²) in [5.74, 6) is 0.365. The summed E-state index contributed by atoms with van der Waals surface area (Å²) in [6.07, 6.45) is 3.17. The SMILES string of the molecule is CC(Cn1ncc2[nH]cnc2c1=O)C(C)(C)C. The molecule has 17 heavy (non-hydrogen) atoms. The van der Waals surface area contributed by atoms with Gasteiger partial charge in [-0.1, -0.05) is 27.7 Å². The fraction of sp³-hybridized carbons (Fsp3) is 0.583. The van der Waals surface area contributed by atoms with Gasteiger partial charge in [0.15, 0.2) is 5.52 Å². The number of nitrogens with one attached hydrogen (secondary N) is 1. The smallest absolute Gasteiger partial charge is 0.294 e. The largest absolute Gasteiger partial charge is 0.343 e. The molecule has 1 unspecified atom stereocenters. The molecule has 1 N–H and O–H groups in total. The van der Waals surface area contributed by atoms with Crippen molar-refractivity contribution in [1.29, 1.82) is 0 Å². The van der Waals surface area contributed by atoms with E-state index in [0.29, 0.717) is 23.5 Å². The van der Waals surface area contributed by atoms with Crippen LogP contribution in [0.2, 0.25) is 0 Å². The quantitative estimate of drug-likeness (QED) is 0.861. The minimum atomic E-state index is -0.125. The van der Waals surface area contributed by atoms with Crippen molar-refractivity contribution >= 4 is 11.0 Å². The van der Waals surface area contributed by atoms with Gasteiger partial charge in [0.05, 0.1) is 18.0 Å². The Morgan fingerprint density at radius 1 is 1.47 bits per heavy atom. The van der Waals surface area contributed by atoms with Crippen LogP contribution in [0.15, 0.2) is 17.3 Å². The van der Waals surface area contributed by atoms with Crippen molar-refractivity contribution in [3.05, 3.63) is 22.9 Å². The molecule has 2 heterocycles. The highest BCUT2D eigenvalue weighted by atomic mass is 16.1. The van der Waals surface area contributed by atoms with Crippen LogP contribution >= 0.6 is 0 Å². The number of fused-ring (bicyclic) bond motifs is 1. The standard InChI is InChI=1S/C12H18N4O/c1-8(12(2,3)4)6-16-11(17)10-9(5-15-16)13-7-14-10/h5,7-8H,6H2,1-4H3,(H,13,14). The highest BCUT2D eigenvalue weighted by Crippen LogP contribution is 2.26. The van der Waals surface area contributed by atoms with Crippen molar-refractivity contribution in [1.82, 2.24) is 19.7 Å². The summed E-state index contributed by atoms with van der Waals surface area (Å²) >= 11 is 0. The van der Waals surface area contributed by atoms with Gasteiger partial charge in [0, 0.05) is 6.54 Å². The first kappa shape index (κ1) is 11.8. The van der Waals surface area contributed by atoms with Gasteiger partial charge in [-0.25, -0.2) is 9.67 Å². The summed E-state index contributed by atoms with van der Waals surface area (Å²) in [6, 6.07) is 0. The molecule has 0 aromatic carbocycles. The molecule has 2 aromatic heterocycles. The fourth-order valence-electron chi connectivity index (χ4n) is 1.54. The Morgan fingerprint density at radius 3 is 2.82 bits per heavy atom. The van der Waals surface area contributed by atoms with E-state index in [2.05, 4.69) is 42.8 Å². The van der Waals surface area contributed by atoms with Crippen LogP contribution in [0.4, 0.5) is 0 Å². The molecule has 92 valence electrons. The molecule has 0 radical (unpaired) electrons. The van der Waals surface area contributed by atoms with Crippen LogP contribution in [-0.4, -0.2) is 19.7 Å². The van der Waals surface area contributed by atoms with Crippen LogP contribution in [0, 0.1) is 11.3 Å². The zero-order valence-corrected chi connectivity index (χ0v) is 10.7. The van der Waals surface area contributed by atoms with Crippen LogP contribution in [0.3, 0.4) is 0 Å². The van der Waals surface area contributed by atoms with Gasteiger partial charge in [0.1, 0.15) is 0 Å². The molecule has 5 heteroatoms. The summed E-state index contributed by atoms with van der Waals surface area (Å²) < 4.78 is 1.50. The van der Waals surface area contributed by atoms with Gasteiger partial charge in [-0.3, -0.25) is 4.79 Å². The Morgan fingerprint density at radius 2 is 2.18 bits per heavy atom. The zero-order valence-electron chi connectivity index (χ0n) is 10.7. The zero-order chi connectivity index (χ0) is 12.6. The van der Waals surface area contributed by atoms with E-state index in [-0.39, 0.29) is 11.0 Å². The molecule has 5 nitrogen and oxygen atoms in total. The lowest BCUT2D eigenvalue weighted by atomic mass is 9.82. The van der Waals surface area contributed by atoms with E-state index >= 15 is 0 Å². The lowest BCUT2D eigenvalue weighted by Gasteiger charge is -2.27. The topological polar surface area (TPSA) is 63.6 Å². The van der Waals surface area contributed by atoms with E-state index in [0.717, 1.165) is 0 Å². The number of imidazole rings is 1. The van der Waals surface area contributed by atoms with Crippen molar-refractivity contribution in [2.45, 2.75) is 34.2 Å². The van der Waals surface area contributed by atoms with Crippen molar-refractivity contribution in [3.8, 4) is 0 Å². The second-order valence-electron chi connectivity index (χ2n) is 5.56. The van der Waals surface area contributed by atoms with Crippen molar-refractivity contribution in [3.63, 3.8) is 0 Å². The van der Waals surface area contributed by atoms with Crippen LogP contribution in [0.25, 0.3) is 11.0 Å². The predicted molar refractivity (Wildman–Crippen MR) is 66.8 cm³/mol. The van der Waals surface area contributed by atoms with Crippen LogP contribution in [0.1, 0.15) is 27.7 Å². The monoisotopic (exact) mass is 234 g/mol. The minimum Gasteiger partial charge on any atom is -0.343 e. The lowest BCUT2D eigenvalue weighted by Crippen LogP contribution is -2.30. The summed E-state index contributed by atoms with van der Waals surface area (Å²) in [5, 5.41) is 4.17. The number of hydrogen-bond donors (Lipinski definition) is 1. The number of rotatable bonds is 2. The van der Waals surface area contributed by atoms with Gasteiger partial charge in [-0.05, 0) is 11.3 Å². The van der Waals surface area contributed by atoms with Gasteiger partial charge in [0.2, 0.25) is 0 Å². The van der Waals surface area contributed by atoms with Gasteiger partial charge in [0.25, 0.3) is 5.56 Å². The van der Waals surface area contributed by atoms with Crippen molar-refractivity contribution in [2.24, 2.45) is 11.3 Å². The highest BCUT2D eigenvalue weighted by Gasteiger charge is 2.21. The Bertz CT molecular complexity index is 576. The molecule has 0 aliphatic rings. The molecule has 0 bridgehead atoms. The van der Waals surface area contributed by atoms with Gasteiger partial charge in [-0.2, -0.15) is 5.10 Å². The van der Waals surface area contributed by atoms with Crippen LogP contribution in [0.5, 0.6) is 0 Å². The number of H-pyrrole nitrogens is 1. The third-order valence-corrected chi connectivity index (χ3v) is 3.36. The van der Waals surface area contributed by atoms with E-state index in [9.17, 15) is 4.79 Å². The second kappa shape index (κ2) is 3.98. The normalized spacial score (nSPS) is 14.1. The molecular weight excluding hydrogens is 216 g/mol. The first-order valence-corrected chi connectivity index (χ1v) is 5.79. The van der Waals surface area contributed by atoms with Gasteiger partial charge < -0.3 is 4.98 Å². The Kier molecular flexibility index (Phi) is 2.77. The summed E-state index contributed by atoms with van der Waals surface area (Å²) in [6.45, 7) is 9.23. The minimum absolute atomic E-state index is 0.125. The molecule has 0 spiro atoms. The summed E-state index contributed by atoms with van der Waals surface area (Å²) in [4.78, 5) is 19.0. The molecule has 0 aliphatic carbocycles. The Hall–Kier alpha value is -1.65. The predicted octanol–water partition coefficient (Wildman–Crippen LogP) is 1.80. The van der Waals surface area contributed by atoms with Gasteiger partial charge in [-0.15, -0.1) is 0 Å². The van der Waals surface area contributed by atoms with E-state index in [1.54, 1.807) is 6.20 Å². The molecule has 2 rings (SSSR count). The summed E-state index contributed by atoms with van der Waals surface area (Å²) in [7, 11) is 0. The van der Waals surface area contributed by atoms with E-state index < -0.39 is 0 Å². The molecule has 0 aliphatic heterocycles. The lowest BCUT2D eigenvalue weighted by molar-refractivity contribution is 0.223. The fourth-order valence-corrected chi connectivity index (χ4v) is 1.54. The molecule has 0 amide bonds. The Labute approximate surface area is 99.9 Å². The van der Waals surface area contributed by atoms with Crippen molar-refractivity contribution < 1.29 is 0 Å². The maximum atomic E-state index is 12.1. The summed E-state index contributed by atoms with van der Waals surface area (Å²) in [5.41, 5.74) is 1.18. The molecular formula is C12H18N4O. The maximum Gasteiger partial charge on any atom is 0.294 e. The number of nitrogens with zero attached hydrogens (tertiary/aromatic N) is 3. The maximum absolute atomic E-state index is 12.1. The first-order chi connectivity index (χ1) is 7.89. The van der Waals surface area contributed by atoms with E-state index in [1.807, 2.05) is 0 Å². The molecule has 0 fully saturated rings. The number of hydrogen-bond acceptors (Lipinski definition) is 3. The number of aromatic nitrogens is 4. The highest BCUT2D eigenvalue weighted by molar-refractivity contribution is 5.71. The van der Waals surface area contributed by atoms with Crippen molar-refractivity contribution in [2.75, 3.05) is 0 Å².